The van der Waals surface area contributed by atoms with Gasteiger partial charge in [-0.2, -0.15) is 0 Å². The maximum absolute atomic E-state index is 3.79. The van der Waals surface area contributed by atoms with E-state index >= 15 is 0 Å². The van der Waals surface area contributed by atoms with Gasteiger partial charge in [-0.05, 0) is 45.4 Å². The smallest absolute Gasteiger partial charge is 0.0335 e. The van der Waals surface area contributed by atoms with Crippen LogP contribution in [0.1, 0.15) is 58.8 Å². The van der Waals surface area contributed by atoms with Gasteiger partial charge in [-0.15, -0.1) is 0 Å². The molecule has 3 aliphatic rings. The first-order valence-electron chi connectivity index (χ1n) is 7.60. The van der Waals surface area contributed by atoms with E-state index < -0.39 is 0 Å². The SMILES string of the molecule is CC1(C)CN(CC2CCC2)C2(CCCC2)CN1. The number of hydrogen-bond donors (Lipinski definition) is 1. The Kier molecular flexibility index (Phi) is 2.99. The lowest BCUT2D eigenvalue weighted by Crippen LogP contribution is -2.68. The van der Waals surface area contributed by atoms with E-state index in [-0.39, 0.29) is 0 Å². The lowest BCUT2D eigenvalue weighted by atomic mass is 9.81. The Morgan fingerprint density at radius 1 is 1.12 bits per heavy atom. The van der Waals surface area contributed by atoms with Crippen molar-refractivity contribution in [1.29, 1.82) is 0 Å². The number of nitrogens with one attached hydrogen (secondary N) is 1. The fourth-order valence-electron chi connectivity index (χ4n) is 3.99. The Bertz CT molecular complexity index is 275. The molecule has 98 valence electrons. The summed E-state index contributed by atoms with van der Waals surface area (Å²) in [6.45, 7) is 8.59. The molecular weight excluding hydrogens is 208 g/mol. The molecule has 1 aliphatic heterocycles. The van der Waals surface area contributed by atoms with Crippen LogP contribution in [0.3, 0.4) is 0 Å². The van der Waals surface area contributed by atoms with Crippen LogP contribution < -0.4 is 5.32 Å². The molecule has 0 aromatic rings. The second-order valence-electron chi connectivity index (χ2n) is 7.35. The van der Waals surface area contributed by atoms with Crippen molar-refractivity contribution in [3.05, 3.63) is 0 Å². The van der Waals surface area contributed by atoms with Crippen LogP contribution in [0.5, 0.6) is 0 Å². The first-order chi connectivity index (χ1) is 8.10. The maximum atomic E-state index is 3.79. The fourth-order valence-corrected chi connectivity index (χ4v) is 3.99. The van der Waals surface area contributed by atoms with Crippen LogP contribution in [0.25, 0.3) is 0 Å². The van der Waals surface area contributed by atoms with E-state index in [2.05, 4.69) is 24.1 Å². The van der Waals surface area contributed by atoms with Gasteiger partial charge in [-0.25, -0.2) is 0 Å². The summed E-state index contributed by atoms with van der Waals surface area (Å²) in [5.74, 6) is 1.02. The highest BCUT2D eigenvalue weighted by atomic mass is 15.3. The van der Waals surface area contributed by atoms with Crippen LogP contribution in [0.15, 0.2) is 0 Å². The topological polar surface area (TPSA) is 15.3 Å². The molecule has 17 heavy (non-hydrogen) atoms. The van der Waals surface area contributed by atoms with Gasteiger partial charge < -0.3 is 5.32 Å². The van der Waals surface area contributed by atoms with E-state index in [1.54, 1.807) is 0 Å². The predicted molar refractivity (Wildman–Crippen MR) is 72.2 cm³/mol. The largest absolute Gasteiger partial charge is 0.309 e. The van der Waals surface area contributed by atoms with Gasteiger partial charge in [0.25, 0.3) is 0 Å². The quantitative estimate of drug-likeness (QED) is 0.793. The van der Waals surface area contributed by atoms with Crippen LogP contribution >= 0.6 is 0 Å². The second kappa shape index (κ2) is 4.24. The highest BCUT2D eigenvalue weighted by molar-refractivity contribution is 5.05. The highest BCUT2D eigenvalue weighted by Gasteiger charge is 2.46. The molecule has 0 atom stereocenters. The molecular formula is C15H28N2. The van der Waals surface area contributed by atoms with Gasteiger partial charge in [-0.1, -0.05) is 19.3 Å². The minimum Gasteiger partial charge on any atom is -0.309 e. The van der Waals surface area contributed by atoms with Gasteiger partial charge in [0, 0.05) is 30.7 Å². The fraction of sp³-hybridized carbons (Fsp3) is 1.00. The van der Waals surface area contributed by atoms with Crippen LogP contribution in [-0.2, 0) is 0 Å². The van der Waals surface area contributed by atoms with E-state index in [9.17, 15) is 0 Å². The van der Waals surface area contributed by atoms with Crippen molar-refractivity contribution in [3.8, 4) is 0 Å². The zero-order chi connectivity index (χ0) is 11.9. The third kappa shape index (κ3) is 2.26. The summed E-state index contributed by atoms with van der Waals surface area (Å²) < 4.78 is 0. The summed E-state index contributed by atoms with van der Waals surface area (Å²) in [4.78, 5) is 2.88. The maximum Gasteiger partial charge on any atom is 0.0335 e. The molecule has 0 aromatic heterocycles. The number of rotatable bonds is 2. The van der Waals surface area contributed by atoms with Gasteiger partial charge in [0.05, 0.1) is 0 Å². The minimum absolute atomic E-state index is 0.317. The van der Waals surface area contributed by atoms with E-state index in [4.69, 9.17) is 0 Å². The van der Waals surface area contributed by atoms with Gasteiger partial charge in [0.2, 0.25) is 0 Å². The predicted octanol–water partition coefficient (Wildman–Crippen LogP) is 2.78. The molecule has 0 unspecified atom stereocenters. The number of hydrogen-bond acceptors (Lipinski definition) is 2. The van der Waals surface area contributed by atoms with Gasteiger partial charge >= 0.3 is 0 Å². The van der Waals surface area contributed by atoms with E-state index in [1.807, 2.05) is 0 Å². The van der Waals surface area contributed by atoms with E-state index in [0.717, 1.165) is 5.92 Å². The summed E-state index contributed by atoms with van der Waals surface area (Å²) in [5, 5.41) is 3.79. The van der Waals surface area contributed by atoms with Crippen molar-refractivity contribution >= 4 is 0 Å². The molecule has 3 fully saturated rings. The van der Waals surface area contributed by atoms with Gasteiger partial charge in [-0.3, -0.25) is 4.90 Å². The van der Waals surface area contributed by atoms with Crippen molar-refractivity contribution in [2.24, 2.45) is 5.92 Å². The summed E-state index contributed by atoms with van der Waals surface area (Å²) in [6, 6.07) is 0. The zero-order valence-electron chi connectivity index (χ0n) is 11.6. The normalized spacial score (nSPS) is 32.8. The average Bonchev–Trinajstić information content (AvgIpc) is 2.67. The highest BCUT2D eigenvalue weighted by Crippen LogP contribution is 2.40. The molecule has 3 rings (SSSR count). The first kappa shape index (κ1) is 12.0. The number of piperazine rings is 1. The Balaban J connectivity index is 1.72. The Morgan fingerprint density at radius 3 is 2.41 bits per heavy atom. The van der Waals surface area contributed by atoms with Gasteiger partial charge in [0.1, 0.15) is 0 Å². The third-order valence-electron chi connectivity index (χ3n) is 5.39. The summed E-state index contributed by atoms with van der Waals surface area (Å²) in [5.41, 5.74) is 0.850. The van der Waals surface area contributed by atoms with E-state index in [0.29, 0.717) is 11.1 Å². The minimum atomic E-state index is 0.317. The van der Waals surface area contributed by atoms with Crippen molar-refractivity contribution < 1.29 is 0 Å². The van der Waals surface area contributed by atoms with Crippen LogP contribution in [0.2, 0.25) is 0 Å². The molecule has 2 saturated carbocycles. The van der Waals surface area contributed by atoms with Crippen LogP contribution in [0.4, 0.5) is 0 Å². The molecule has 0 radical (unpaired) electrons. The number of nitrogens with zero attached hydrogens (tertiary/aromatic N) is 1. The molecule has 1 N–H and O–H groups in total. The standard InChI is InChI=1S/C15H28N2/c1-14(2)12-17(10-13-6-5-7-13)15(11-16-14)8-3-4-9-15/h13,16H,3-12H2,1-2H3. The molecule has 1 heterocycles. The van der Waals surface area contributed by atoms with E-state index in [1.165, 1.54) is 64.6 Å². The Hall–Kier alpha value is -0.0800. The molecule has 0 aromatic carbocycles. The van der Waals surface area contributed by atoms with Crippen LogP contribution in [-0.4, -0.2) is 35.6 Å². The summed E-state index contributed by atoms with van der Waals surface area (Å²) >= 11 is 0. The second-order valence-corrected chi connectivity index (χ2v) is 7.35. The first-order valence-corrected chi connectivity index (χ1v) is 7.60. The van der Waals surface area contributed by atoms with Crippen LogP contribution in [0, 0.1) is 5.92 Å². The molecule has 0 bridgehead atoms. The monoisotopic (exact) mass is 236 g/mol. The molecule has 2 aliphatic carbocycles. The average molecular weight is 236 g/mol. The van der Waals surface area contributed by atoms with Crippen molar-refractivity contribution in [2.45, 2.75) is 69.9 Å². The molecule has 2 heteroatoms. The van der Waals surface area contributed by atoms with Crippen molar-refractivity contribution in [1.82, 2.24) is 10.2 Å². The molecule has 1 saturated heterocycles. The van der Waals surface area contributed by atoms with Crippen molar-refractivity contribution in [3.63, 3.8) is 0 Å². The third-order valence-corrected chi connectivity index (χ3v) is 5.39. The van der Waals surface area contributed by atoms with Crippen molar-refractivity contribution in [2.75, 3.05) is 19.6 Å². The van der Waals surface area contributed by atoms with Gasteiger partial charge in [0.15, 0.2) is 0 Å². The molecule has 1 spiro atoms. The summed E-state index contributed by atoms with van der Waals surface area (Å²) in [7, 11) is 0. The Morgan fingerprint density at radius 2 is 1.82 bits per heavy atom. The molecule has 2 nitrogen and oxygen atoms in total. The zero-order valence-corrected chi connectivity index (χ0v) is 11.6. The lowest BCUT2D eigenvalue weighted by Gasteiger charge is -2.53. The lowest BCUT2D eigenvalue weighted by molar-refractivity contribution is -0.00240. The summed E-state index contributed by atoms with van der Waals surface area (Å²) in [6.07, 6.45) is 10.2. The molecule has 0 amide bonds. The Labute approximate surface area is 106 Å².